The van der Waals surface area contributed by atoms with E-state index in [1.165, 1.54) is 275 Å². The molecular formula is C59H112O3. The topological polar surface area (TPSA) is 27.7 Å². The number of hydrogen-bond donors (Lipinski definition) is 0. The molecule has 1 rings (SSSR count). The normalized spacial score (nSPS) is 11.5. The maximum absolute atomic E-state index is 6.59. The van der Waals surface area contributed by atoms with Gasteiger partial charge in [0.15, 0.2) is 11.5 Å². The first kappa shape index (κ1) is 58.6. The maximum atomic E-state index is 6.59. The smallest absolute Gasteiger partial charge is 0.203 e. The summed E-state index contributed by atoms with van der Waals surface area (Å²) < 4.78 is 19.7. The standard InChI is InChI=1S/C59H112O3/c1-5-9-12-15-18-21-24-27-30-33-36-39-42-45-48-51-60-57-54-56(8-4)55-58(61-52-49-46-43-40-37-34-31-28-25-22-19-16-13-10-6-2)59(57)62-53-50-47-44-41-38-35-32-29-26-23-20-17-14-11-7-3/h54-55H,5-53H2,1-4H3. The molecule has 0 saturated carbocycles. The van der Waals surface area contributed by atoms with Crippen LogP contribution in [0.4, 0.5) is 0 Å². The quantitative estimate of drug-likeness (QED) is 0.0611. The van der Waals surface area contributed by atoms with Gasteiger partial charge in [-0.15, -0.1) is 0 Å². The minimum atomic E-state index is 0.744. The molecule has 0 N–H and O–H groups in total. The highest BCUT2D eigenvalue weighted by molar-refractivity contribution is 5.54. The molecule has 0 aliphatic carbocycles. The predicted molar refractivity (Wildman–Crippen MR) is 277 cm³/mol. The van der Waals surface area contributed by atoms with Gasteiger partial charge in [-0.2, -0.15) is 0 Å². The van der Waals surface area contributed by atoms with Gasteiger partial charge in [-0.05, 0) is 43.4 Å². The Balaban J connectivity index is 2.42. The zero-order valence-corrected chi connectivity index (χ0v) is 43.0. The van der Waals surface area contributed by atoms with Gasteiger partial charge in [0.05, 0.1) is 19.8 Å². The molecule has 0 heterocycles. The van der Waals surface area contributed by atoms with Crippen LogP contribution < -0.4 is 14.2 Å². The van der Waals surface area contributed by atoms with E-state index in [1.807, 2.05) is 0 Å². The third kappa shape index (κ3) is 39.0. The summed E-state index contributed by atoms with van der Waals surface area (Å²) >= 11 is 0. The molecule has 0 spiro atoms. The fourth-order valence-corrected chi connectivity index (χ4v) is 9.15. The lowest BCUT2D eigenvalue weighted by atomic mass is 10.0. The SMILES string of the molecule is CCCCCCCCCCCCCCCCCOc1cc(CC)cc(OCCCCCCCCCCCCCCCCC)c1OCCCCCCCCCCCCCCCCC. The Morgan fingerprint density at radius 2 is 0.435 bits per heavy atom. The van der Waals surface area contributed by atoms with Crippen molar-refractivity contribution in [2.75, 3.05) is 19.8 Å². The largest absolute Gasteiger partial charge is 0.490 e. The Morgan fingerprint density at radius 1 is 0.242 bits per heavy atom. The highest BCUT2D eigenvalue weighted by Crippen LogP contribution is 2.40. The molecule has 0 atom stereocenters. The van der Waals surface area contributed by atoms with Crippen LogP contribution >= 0.6 is 0 Å². The van der Waals surface area contributed by atoms with Gasteiger partial charge in [0.1, 0.15) is 0 Å². The van der Waals surface area contributed by atoms with Gasteiger partial charge in [-0.3, -0.25) is 0 Å². The molecule has 366 valence electrons. The van der Waals surface area contributed by atoms with Gasteiger partial charge < -0.3 is 14.2 Å². The molecule has 62 heavy (non-hydrogen) atoms. The van der Waals surface area contributed by atoms with E-state index < -0.39 is 0 Å². The van der Waals surface area contributed by atoms with Crippen LogP contribution in [0.5, 0.6) is 17.2 Å². The summed E-state index contributed by atoms with van der Waals surface area (Å²) in [4.78, 5) is 0. The van der Waals surface area contributed by atoms with E-state index in [9.17, 15) is 0 Å². The van der Waals surface area contributed by atoms with Crippen molar-refractivity contribution < 1.29 is 14.2 Å². The molecule has 0 aliphatic heterocycles. The van der Waals surface area contributed by atoms with Crippen LogP contribution in [-0.4, -0.2) is 19.8 Å². The molecule has 0 aliphatic rings. The van der Waals surface area contributed by atoms with Gasteiger partial charge in [-0.1, -0.05) is 297 Å². The van der Waals surface area contributed by atoms with Crippen molar-refractivity contribution in [1.82, 2.24) is 0 Å². The highest BCUT2D eigenvalue weighted by atomic mass is 16.5. The van der Waals surface area contributed by atoms with Crippen LogP contribution in [0.1, 0.15) is 322 Å². The Hall–Kier alpha value is -1.38. The molecule has 0 unspecified atom stereocenters. The fourth-order valence-electron chi connectivity index (χ4n) is 9.15. The van der Waals surface area contributed by atoms with Crippen LogP contribution in [0.15, 0.2) is 12.1 Å². The first-order chi connectivity index (χ1) is 30.8. The zero-order valence-electron chi connectivity index (χ0n) is 43.0. The van der Waals surface area contributed by atoms with Gasteiger partial charge >= 0.3 is 0 Å². The van der Waals surface area contributed by atoms with Crippen LogP contribution in [-0.2, 0) is 6.42 Å². The van der Waals surface area contributed by atoms with E-state index in [-0.39, 0.29) is 0 Å². The lowest BCUT2D eigenvalue weighted by molar-refractivity contribution is 0.234. The highest BCUT2D eigenvalue weighted by Gasteiger charge is 2.16. The third-order valence-electron chi connectivity index (χ3n) is 13.5. The Morgan fingerprint density at radius 3 is 0.645 bits per heavy atom. The second-order valence-electron chi connectivity index (χ2n) is 19.7. The van der Waals surface area contributed by atoms with Crippen molar-refractivity contribution in [3.05, 3.63) is 17.7 Å². The van der Waals surface area contributed by atoms with Crippen molar-refractivity contribution in [3.63, 3.8) is 0 Å². The molecule has 1 aromatic rings. The summed E-state index contributed by atoms with van der Waals surface area (Å²) in [6, 6.07) is 4.46. The van der Waals surface area contributed by atoms with Crippen molar-refractivity contribution in [3.8, 4) is 17.2 Å². The van der Waals surface area contributed by atoms with Gasteiger partial charge in [-0.25, -0.2) is 0 Å². The molecule has 0 amide bonds. The predicted octanol–water partition coefficient (Wildman–Crippen LogP) is 21.0. The second kappa shape index (κ2) is 49.1. The summed E-state index contributed by atoms with van der Waals surface area (Å²) in [5.74, 6) is 2.67. The Bertz CT molecular complexity index is 948. The second-order valence-corrected chi connectivity index (χ2v) is 19.7. The zero-order chi connectivity index (χ0) is 44.5. The van der Waals surface area contributed by atoms with Crippen molar-refractivity contribution in [2.24, 2.45) is 0 Å². The van der Waals surface area contributed by atoms with Crippen molar-refractivity contribution in [2.45, 2.75) is 323 Å². The minimum absolute atomic E-state index is 0.744. The summed E-state index contributed by atoms with van der Waals surface area (Å²) in [5.41, 5.74) is 1.28. The Kier molecular flexibility index (Phi) is 46.4. The summed E-state index contributed by atoms with van der Waals surface area (Å²) in [6.45, 7) is 11.4. The lowest BCUT2D eigenvalue weighted by Crippen LogP contribution is -2.07. The molecule has 0 saturated heterocycles. The fraction of sp³-hybridized carbons (Fsp3) is 0.898. The monoisotopic (exact) mass is 869 g/mol. The van der Waals surface area contributed by atoms with Gasteiger partial charge in [0, 0.05) is 0 Å². The summed E-state index contributed by atoms with van der Waals surface area (Å²) in [6.07, 6.45) is 63.2. The Labute approximate surface area is 390 Å². The molecule has 1 aromatic carbocycles. The minimum Gasteiger partial charge on any atom is -0.490 e. The van der Waals surface area contributed by atoms with E-state index in [0.29, 0.717) is 0 Å². The first-order valence-corrected chi connectivity index (χ1v) is 28.8. The maximum Gasteiger partial charge on any atom is 0.203 e. The van der Waals surface area contributed by atoms with E-state index in [1.54, 1.807) is 0 Å². The number of ether oxygens (including phenoxy) is 3. The average molecular weight is 870 g/mol. The summed E-state index contributed by atoms with van der Waals surface area (Å²) in [7, 11) is 0. The summed E-state index contributed by atoms with van der Waals surface area (Å²) in [5, 5.41) is 0. The van der Waals surface area contributed by atoms with Gasteiger partial charge in [0.2, 0.25) is 5.75 Å². The number of rotatable bonds is 52. The lowest BCUT2D eigenvalue weighted by Gasteiger charge is -2.19. The van der Waals surface area contributed by atoms with Crippen LogP contribution in [0.2, 0.25) is 0 Å². The third-order valence-corrected chi connectivity index (χ3v) is 13.5. The molecule has 0 fully saturated rings. The van der Waals surface area contributed by atoms with E-state index >= 15 is 0 Å². The molecule has 0 bridgehead atoms. The van der Waals surface area contributed by atoms with E-state index in [0.717, 1.165) is 62.8 Å². The molecule has 3 heteroatoms. The van der Waals surface area contributed by atoms with Crippen molar-refractivity contribution in [1.29, 1.82) is 0 Å². The van der Waals surface area contributed by atoms with Crippen LogP contribution in [0, 0.1) is 0 Å². The van der Waals surface area contributed by atoms with E-state index in [2.05, 4.69) is 39.8 Å². The number of aryl methyl sites for hydroxylation is 1. The molecule has 0 radical (unpaired) electrons. The number of hydrogen-bond acceptors (Lipinski definition) is 3. The van der Waals surface area contributed by atoms with Gasteiger partial charge in [0.25, 0.3) is 0 Å². The van der Waals surface area contributed by atoms with Crippen LogP contribution in [0.3, 0.4) is 0 Å². The average Bonchev–Trinajstić information content (AvgIpc) is 3.28. The van der Waals surface area contributed by atoms with Crippen molar-refractivity contribution >= 4 is 0 Å². The first-order valence-electron chi connectivity index (χ1n) is 28.8. The van der Waals surface area contributed by atoms with E-state index in [4.69, 9.17) is 14.2 Å². The number of unbranched alkanes of at least 4 members (excludes halogenated alkanes) is 42. The molecule has 0 aromatic heterocycles. The molecular weight excluding hydrogens is 757 g/mol. The number of benzene rings is 1. The molecule has 3 nitrogen and oxygen atoms in total. The van der Waals surface area contributed by atoms with Crippen LogP contribution in [0.25, 0.3) is 0 Å².